The molecule has 3 aromatic rings. The summed E-state index contributed by atoms with van der Waals surface area (Å²) in [6, 6.07) is 12.6. The van der Waals surface area contributed by atoms with Crippen LogP contribution in [0.1, 0.15) is 41.6 Å². The first-order valence-electron chi connectivity index (χ1n) is 10.0. The van der Waals surface area contributed by atoms with E-state index in [-0.39, 0.29) is 23.8 Å². The number of rotatable bonds is 6. The largest absolute Gasteiger partial charge is 0.490 e. The third kappa shape index (κ3) is 5.23. The number of amides is 1. The van der Waals surface area contributed by atoms with Gasteiger partial charge in [-0.05, 0) is 49.4 Å². The zero-order valence-corrected chi connectivity index (χ0v) is 16.4. The van der Waals surface area contributed by atoms with E-state index in [1.54, 1.807) is 12.3 Å². The maximum atomic E-state index is 13.3. The normalized spacial score (nSPS) is 18.7. The van der Waals surface area contributed by atoms with E-state index in [0.29, 0.717) is 24.9 Å². The molecular formula is C23H23F2N3O2. The van der Waals surface area contributed by atoms with Crippen LogP contribution in [0.4, 0.5) is 8.78 Å². The summed E-state index contributed by atoms with van der Waals surface area (Å²) in [4.78, 5) is 12.7. The van der Waals surface area contributed by atoms with Crippen molar-refractivity contribution in [1.82, 2.24) is 15.1 Å². The summed E-state index contributed by atoms with van der Waals surface area (Å²) in [7, 11) is 0. The van der Waals surface area contributed by atoms with Crippen LogP contribution in [0.2, 0.25) is 0 Å². The van der Waals surface area contributed by atoms with Crippen LogP contribution in [0, 0.1) is 11.6 Å². The molecule has 0 bridgehead atoms. The molecule has 1 saturated carbocycles. The third-order valence-electron chi connectivity index (χ3n) is 5.24. The van der Waals surface area contributed by atoms with E-state index in [1.807, 2.05) is 35.1 Å². The summed E-state index contributed by atoms with van der Waals surface area (Å²) < 4.78 is 34.1. The number of hydrogen-bond donors (Lipinski definition) is 1. The van der Waals surface area contributed by atoms with E-state index >= 15 is 0 Å². The Kier molecular flexibility index (Phi) is 6.07. The average Bonchev–Trinajstić information content (AvgIpc) is 3.22. The van der Waals surface area contributed by atoms with Gasteiger partial charge in [-0.25, -0.2) is 8.78 Å². The summed E-state index contributed by atoms with van der Waals surface area (Å²) >= 11 is 0. The second kappa shape index (κ2) is 9.07. The first-order chi connectivity index (χ1) is 14.5. The zero-order valence-electron chi connectivity index (χ0n) is 16.4. The summed E-state index contributed by atoms with van der Waals surface area (Å²) in [6.07, 6.45) is 6.41. The molecular weight excluding hydrogens is 388 g/mol. The van der Waals surface area contributed by atoms with E-state index in [1.165, 1.54) is 12.1 Å². The predicted octanol–water partition coefficient (Wildman–Crippen LogP) is 4.33. The molecule has 30 heavy (non-hydrogen) atoms. The Morgan fingerprint density at radius 1 is 1.07 bits per heavy atom. The van der Waals surface area contributed by atoms with Gasteiger partial charge in [0.1, 0.15) is 17.4 Å². The number of hydrogen-bond acceptors (Lipinski definition) is 3. The second-order valence-electron chi connectivity index (χ2n) is 7.57. The highest BCUT2D eigenvalue weighted by Gasteiger charge is 2.24. The fraction of sp³-hybridized carbons (Fsp3) is 0.304. The van der Waals surface area contributed by atoms with Crippen LogP contribution in [-0.4, -0.2) is 27.8 Å². The van der Waals surface area contributed by atoms with Crippen molar-refractivity contribution < 1.29 is 18.3 Å². The van der Waals surface area contributed by atoms with Crippen LogP contribution in [0.5, 0.6) is 5.75 Å². The third-order valence-corrected chi connectivity index (χ3v) is 5.24. The maximum Gasteiger partial charge on any atom is 0.251 e. The van der Waals surface area contributed by atoms with Crippen molar-refractivity contribution in [2.45, 2.75) is 44.4 Å². The number of aromatic nitrogens is 2. The number of carbonyl (C=O) groups excluding carboxylic acids is 1. The molecule has 1 aliphatic rings. The molecule has 1 aromatic heterocycles. The Morgan fingerprint density at radius 3 is 2.53 bits per heavy atom. The van der Waals surface area contributed by atoms with Crippen LogP contribution in [-0.2, 0) is 6.54 Å². The Labute approximate surface area is 173 Å². The molecule has 1 fully saturated rings. The number of benzene rings is 2. The molecule has 2 aromatic carbocycles. The quantitative estimate of drug-likeness (QED) is 0.657. The van der Waals surface area contributed by atoms with E-state index in [2.05, 4.69) is 10.4 Å². The molecule has 1 amide bonds. The summed E-state index contributed by atoms with van der Waals surface area (Å²) in [6.45, 7) is 0.608. The SMILES string of the molecule is O=C(NC1CCC(Oc2cc(F)cc(F)c2)CC1)c1cccc(Cn2cccn2)c1. The molecule has 0 atom stereocenters. The molecule has 0 saturated heterocycles. The van der Waals surface area contributed by atoms with Crippen LogP contribution in [0.25, 0.3) is 0 Å². The molecule has 4 rings (SSSR count). The van der Waals surface area contributed by atoms with Crippen molar-refractivity contribution in [2.24, 2.45) is 0 Å². The van der Waals surface area contributed by atoms with Crippen molar-refractivity contribution in [3.63, 3.8) is 0 Å². The Bertz CT molecular complexity index is 979. The maximum absolute atomic E-state index is 13.3. The average molecular weight is 411 g/mol. The summed E-state index contributed by atoms with van der Waals surface area (Å²) in [5, 5.41) is 7.28. The molecule has 5 nitrogen and oxygen atoms in total. The molecule has 1 N–H and O–H groups in total. The van der Waals surface area contributed by atoms with Crippen molar-refractivity contribution >= 4 is 5.91 Å². The molecule has 0 aliphatic heterocycles. The van der Waals surface area contributed by atoms with Crippen LogP contribution >= 0.6 is 0 Å². The van der Waals surface area contributed by atoms with Crippen molar-refractivity contribution in [2.75, 3.05) is 0 Å². The Hall–Kier alpha value is -3.22. The van der Waals surface area contributed by atoms with Gasteiger partial charge < -0.3 is 10.1 Å². The Balaban J connectivity index is 1.29. The number of carbonyl (C=O) groups is 1. The topological polar surface area (TPSA) is 56.1 Å². The highest BCUT2D eigenvalue weighted by molar-refractivity contribution is 5.94. The van der Waals surface area contributed by atoms with Gasteiger partial charge in [-0.1, -0.05) is 12.1 Å². The van der Waals surface area contributed by atoms with Crippen molar-refractivity contribution in [3.05, 3.63) is 83.7 Å². The minimum Gasteiger partial charge on any atom is -0.490 e. The van der Waals surface area contributed by atoms with E-state index in [4.69, 9.17) is 4.74 Å². The Morgan fingerprint density at radius 2 is 1.83 bits per heavy atom. The lowest BCUT2D eigenvalue weighted by Gasteiger charge is -2.29. The predicted molar refractivity (Wildman–Crippen MR) is 108 cm³/mol. The first-order valence-corrected chi connectivity index (χ1v) is 10.0. The monoisotopic (exact) mass is 411 g/mol. The fourth-order valence-electron chi connectivity index (χ4n) is 3.77. The van der Waals surface area contributed by atoms with Crippen LogP contribution in [0.15, 0.2) is 60.9 Å². The number of nitrogens with one attached hydrogen (secondary N) is 1. The van der Waals surface area contributed by atoms with Gasteiger partial charge >= 0.3 is 0 Å². The smallest absolute Gasteiger partial charge is 0.251 e. The molecule has 0 spiro atoms. The van der Waals surface area contributed by atoms with Gasteiger partial charge in [-0.2, -0.15) is 5.10 Å². The first kappa shape index (κ1) is 20.1. The summed E-state index contributed by atoms with van der Waals surface area (Å²) in [5.74, 6) is -1.20. The molecule has 7 heteroatoms. The van der Waals surface area contributed by atoms with Crippen molar-refractivity contribution in [1.29, 1.82) is 0 Å². The van der Waals surface area contributed by atoms with Gasteiger partial charge in [0.05, 0.1) is 12.6 Å². The minimum atomic E-state index is -0.652. The number of nitrogens with zero attached hydrogens (tertiary/aromatic N) is 2. The molecule has 1 heterocycles. The minimum absolute atomic E-state index is 0.0522. The van der Waals surface area contributed by atoms with Gasteiger partial charge in [-0.15, -0.1) is 0 Å². The standard InChI is InChI=1S/C23H23F2N3O2/c24-18-12-19(25)14-22(13-18)30-21-7-5-20(6-8-21)27-23(29)17-4-1-3-16(11-17)15-28-10-2-9-26-28/h1-4,9-14,20-21H,5-8,15H2,(H,27,29). The van der Waals surface area contributed by atoms with Gasteiger partial charge in [0.25, 0.3) is 5.91 Å². The van der Waals surface area contributed by atoms with E-state index in [9.17, 15) is 13.6 Å². The lowest BCUT2D eigenvalue weighted by Crippen LogP contribution is -2.39. The van der Waals surface area contributed by atoms with Gasteiger partial charge in [-0.3, -0.25) is 9.48 Å². The summed E-state index contributed by atoms with van der Waals surface area (Å²) in [5.41, 5.74) is 1.62. The number of halogens is 2. The van der Waals surface area contributed by atoms with E-state index in [0.717, 1.165) is 24.5 Å². The zero-order chi connectivity index (χ0) is 20.9. The lowest BCUT2D eigenvalue weighted by atomic mass is 9.92. The van der Waals surface area contributed by atoms with Gasteiger partial charge in [0.15, 0.2) is 0 Å². The molecule has 1 aliphatic carbocycles. The van der Waals surface area contributed by atoms with E-state index < -0.39 is 11.6 Å². The highest BCUT2D eigenvalue weighted by Crippen LogP contribution is 2.25. The van der Waals surface area contributed by atoms with Crippen molar-refractivity contribution in [3.8, 4) is 5.75 Å². The van der Waals surface area contributed by atoms with Gasteiger partial charge in [0.2, 0.25) is 0 Å². The fourth-order valence-corrected chi connectivity index (χ4v) is 3.77. The van der Waals surface area contributed by atoms with Gasteiger partial charge in [0, 0.05) is 42.2 Å². The molecule has 156 valence electrons. The number of ether oxygens (including phenoxy) is 1. The molecule has 0 unspecified atom stereocenters. The van der Waals surface area contributed by atoms with Crippen LogP contribution < -0.4 is 10.1 Å². The lowest BCUT2D eigenvalue weighted by molar-refractivity contribution is 0.0893. The second-order valence-corrected chi connectivity index (χ2v) is 7.57. The molecule has 0 radical (unpaired) electrons. The highest BCUT2D eigenvalue weighted by atomic mass is 19.1. The van der Waals surface area contributed by atoms with Crippen LogP contribution in [0.3, 0.4) is 0 Å².